The van der Waals surface area contributed by atoms with Crippen molar-refractivity contribution in [2.45, 2.75) is 0 Å². The smallest absolute Gasteiger partial charge is 0.282 e. The van der Waals surface area contributed by atoms with Gasteiger partial charge in [-0.2, -0.15) is 10.1 Å². The largest absolute Gasteiger partial charge is 0.504 e. The molecular formula is C19H11ClN2O4. The van der Waals surface area contributed by atoms with Gasteiger partial charge in [0.2, 0.25) is 0 Å². The number of phenols is 2. The lowest BCUT2D eigenvalue weighted by molar-refractivity contribution is 0.0616. The predicted molar refractivity (Wildman–Crippen MR) is 96.8 cm³/mol. The summed E-state index contributed by atoms with van der Waals surface area (Å²) in [6.45, 7) is 0. The van der Waals surface area contributed by atoms with Crippen LogP contribution in [0, 0.1) is 0 Å². The van der Waals surface area contributed by atoms with Crippen LogP contribution >= 0.6 is 11.6 Å². The molecule has 6 nitrogen and oxygen atoms in total. The van der Waals surface area contributed by atoms with Crippen molar-refractivity contribution in [2.24, 2.45) is 5.10 Å². The van der Waals surface area contributed by atoms with E-state index in [1.165, 1.54) is 18.3 Å². The Kier molecular flexibility index (Phi) is 3.63. The standard InChI is InChI=1S/C19H11ClN2O4/c20-14-7-10(8-15(23)17(14)24)9-21-22-18(25)12-5-1-3-11-4-2-6-13(16(11)12)19(22)26/h1-9,23-24H/b21-9+. The summed E-state index contributed by atoms with van der Waals surface area (Å²) in [5.41, 5.74) is 1.10. The van der Waals surface area contributed by atoms with Crippen molar-refractivity contribution < 1.29 is 19.8 Å². The molecule has 0 saturated carbocycles. The van der Waals surface area contributed by atoms with Crippen LogP contribution in [-0.2, 0) is 0 Å². The van der Waals surface area contributed by atoms with Gasteiger partial charge in [-0.15, -0.1) is 0 Å². The van der Waals surface area contributed by atoms with E-state index in [0.29, 0.717) is 22.1 Å². The number of phenolic OH excluding ortho intramolecular Hbond substituents is 2. The highest BCUT2D eigenvalue weighted by molar-refractivity contribution is 6.32. The summed E-state index contributed by atoms with van der Waals surface area (Å²) in [6, 6.07) is 13.0. The molecule has 3 aromatic rings. The van der Waals surface area contributed by atoms with E-state index in [1.807, 2.05) is 12.1 Å². The molecule has 0 unspecified atom stereocenters. The first-order valence-corrected chi connectivity index (χ1v) is 8.01. The lowest BCUT2D eigenvalue weighted by Gasteiger charge is -2.23. The van der Waals surface area contributed by atoms with Gasteiger partial charge in [0, 0.05) is 5.39 Å². The maximum absolute atomic E-state index is 12.7. The Morgan fingerprint density at radius 1 is 0.962 bits per heavy atom. The highest BCUT2D eigenvalue weighted by Gasteiger charge is 2.32. The Labute approximate surface area is 152 Å². The third-order valence-corrected chi connectivity index (χ3v) is 4.43. The maximum atomic E-state index is 12.7. The molecule has 0 spiro atoms. The minimum absolute atomic E-state index is 0.0714. The molecule has 1 aliphatic rings. The fourth-order valence-electron chi connectivity index (χ4n) is 2.93. The maximum Gasteiger partial charge on any atom is 0.282 e. The van der Waals surface area contributed by atoms with E-state index in [0.717, 1.165) is 10.4 Å². The van der Waals surface area contributed by atoms with Crippen molar-refractivity contribution >= 4 is 40.4 Å². The van der Waals surface area contributed by atoms with E-state index in [4.69, 9.17) is 11.6 Å². The second-order valence-electron chi connectivity index (χ2n) is 5.75. The van der Waals surface area contributed by atoms with Crippen LogP contribution in [0.1, 0.15) is 26.3 Å². The molecule has 128 valence electrons. The van der Waals surface area contributed by atoms with Crippen LogP contribution < -0.4 is 0 Å². The zero-order chi connectivity index (χ0) is 18.4. The monoisotopic (exact) mass is 366 g/mol. The normalized spacial score (nSPS) is 13.8. The Hall–Kier alpha value is -3.38. The van der Waals surface area contributed by atoms with E-state index in [1.54, 1.807) is 24.3 Å². The van der Waals surface area contributed by atoms with Gasteiger partial charge >= 0.3 is 0 Å². The number of aromatic hydroxyl groups is 2. The molecule has 0 aliphatic carbocycles. The zero-order valence-corrected chi connectivity index (χ0v) is 13.9. The number of carbonyl (C=O) groups is 2. The molecule has 0 atom stereocenters. The van der Waals surface area contributed by atoms with E-state index in [9.17, 15) is 19.8 Å². The number of hydrogen-bond acceptors (Lipinski definition) is 5. The summed E-state index contributed by atoms with van der Waals surface area (Å²) in [5, 5.41) is 25.2. The molecule has 3 aromatic carbocycles. The quantitative estimate of drug-likeness (QED) is 0.412. The number of nitrogens with zero attached hydrogens (tertiary/aromatic N) is 2. The molecule has 0 radical (unpaired) electrons. The van der Waals surface area contributed by atoms with Gasteiger partial charge in [-0.25, -0.2) is 0 Å². The number of amides is 2. The lowest BCUT2D eigenvalue weighted by Crippen LogP contribution is -2.36. The van der Waals surface area contributed by atoms with Crippen LogP contribution in [0.2, 0.25) is 5.02 Å². The minimum atomic E-state index is -0.537. The van der Waals surface area contributed by atoms with Gasteiger partial charge in [0.25, 0.3) is 11.8 Å². The first kappa shape index (κ1) is 16.1. The molecule has 7 heteroatoms. The summed E-state index contributed by atoms with van der Waals surface area (Å²) >= 11 is 5.80. The van der Waals surface area contributed by atoms with Crippen LogP contribution in [-0.4, -0.2) is 33.3 Å². The molecule has 1 aliphatic heterocycles. The number of halogens is 1. The average Bonchev–Trinajstić information content (AvgIpc) is 2.63. The van der Waals surface area contributed by atoms with Crippen LogP contribution in [0.5, 0.6) is 11.5 Å². The van der Waals surface area contributed by atoms with Crippen molar-refractivity contribution in [1.29, 1.82) is 0 Å². The number of hydrazone groups is 1. The molecule has 1 heterocycles. The van der Waals surface area contributed by atoms with E-state index in [2.05, 4.69) is 5.10 Å². The molecule has 26 heavy (non-hydrogen) atoms. The molecule has 0 bridgehead atoms. The Bertz CT molecular complexity index is 1050. The SMILES string of the molecule is O=C1c2cccc3cccc(c23)C(=O)N1/N=C/c1cc(O)c(O)c(Cl)c1. The average molecular weight is 367 g/mol. The second-order valence-corrected chi connectivity index (χ2v) is 6.15. The fraction of sp³-hybridized carbons (Fsp3) is 0. The van der Waals surface area contributed by atoms with E-state index >= 15 is 0 Å². The first-order valence-electron chi connectivity index (χ1n) is 7.63. The third-order valence-electron chi connectivity index (χ3n) is 4.14. The number of rotatable bonds is 2. The number of hydrogen-bond donors (Lipinski definition) is 2. The van der Waals surface area contributed by atoms with E-state index in [-0.39, 0.29) is 5.02 Å². The molecule has 2 amide bonds. The molecular weight excluding hydrogens is 356 g/mol. The summed E-state index contributed by atoms with van der Waals surface area (Å²) in [5.74, 6) is -1.95. The van der Waals surface area contributed by atoms with Crippen LogP contribution in [0.4, 0.5) is 0 Å². The van der Waals surface area contributed by atoms with Crippen molar-refractivity contribution in [2.75, 3.05) is 0 Å². The minimum Gasteiger partial charge on any atom is -0.504 e. The first-order chi connectivity index (χ1) is 12.5. The molecule has 0 aromatic heterocycles. The number of imide groups is 1. The summed E-state index contributed by atoms with van der Waals surface area (Å²) in [7, 11) is 0. The van der Waals surface area contributed by atoms with Gasteiger partial charge in [0.05, 0.1) is 22.4 Å². The van der Waals surface area contributed by atoms with Crippen LogP contribution in [0.25, 0.3) is 10.8 Å². The topological polar surface area (TPSA) is 90.2 Å². The van der Waals surface area contributed by atoms with Gasteiger partial charge in [0.1, 0.15) is 0 Å². The Morgan fingerprint density at radius 3 is 2.15 bits per heavy atom. The van der Waals surface area contributed by atoms with Crippen LogP contribution in [0.15, 0.2) is 53.6 Å². The molecule has 4 rings (SSSR count). The molecule has 2 N–H and O–H groups in total. The van der Waals surface area contributed by atoms with Gasteiger partial charge in [-0.3, -0.25) is 9.59 Å². The van der Waals surface area contributed by atoms with Gasteiger partial charge in [-0.1, -0.05) is 35.9 Å². The number of benzene rings is 3. The highest BCUT2D eigenvalue weighted by atomic mass is 35.5. The van der Waals surface area contributed by atoms with Gasteiger partial charge in [-0.05, 0) is 35.2 Å². The number of carbonyl (C=O) groups excluding carboxylic acids is 2. The van der Waals surface area contributed by atoms with Crippen molar-refractivity contribution in [3.8, 4) is 11.5 Å². The second kappa shape index (κ2) is 5.86. The highest BCUT2D eigenvalue weighted by Crippen LogP contribution is 2.34. The third kappa shape index (κ3) is 2.39. The van der Waals surface area contributed by atoms with Crippen LogP contribution in [0.3, 0.4) is 0 Å². The summed E-state index contributed by atoms with van der Waals surface area (Å²) in [4.78, 5) is 25.4. The summed E-state index contributed by atoms with van der Waals surface area (Å²) < 4.78 is 0. The predicted octanol–water partition coefficient (Wildman–Crippen LogP) is 3.53. The van der Waals surface area contributed by atoms with Crippen molar-refractivity contribution in [3.63, 3.8) is 0 Å². The Morgan fingerprint density at radius 2 is 1.58 bits per heavy atom. The van der Waals surface area contributed by atoms with Gasteiger partial charge < -0.3 is 10.2 Å². The van der Waals surface area contributed by atoms with Crippen molar-refractivity contribution in [3.05, 3.63) is 70.2 Å². The Balaban J connectivity index is 1.77. The van der Waals surface area contributed by atoms with Crippen molar-refractivity contribution in [1.82, 2.24) is 5.01 Å². The fourth-order valence-corrected chi connectivity index (χ4v) is 3.15. The summed E-state index contributed by atoms with van der Waals surface area (Å²) in [6.07, 6.45) is 1.22. The van der Waals surface area contributed by atoms with E-state index < -0.39 is 23.3 Å². The lowest BCUT2D eigenvalue weighted by atomic mass is 9.95. The molecule has 0 fully saturated rings. The molecule has 0 saturated heterocycles. The van der Waals surface area contributed by atoms with Gasteiger partial charge in [0.15, 0.2) is 11.5 Å². The zero-order valence-electron chi connectivity index (χ0n) is 13.2.